The number of fused-ring (bicyclic) bond motifs is 5. The highest BCUT2D eigenvalue weighted by Crippen LogP contribution is 2.65. The Labute approximate surface area is 132 Å². The molecule has 0 aromatic heterocycles. The van der Waals surface area contributed by atoms with E-state index in [4.69, 9.17) is 0 Å². The number of hydrogen-bond donors (Lipinski definition) is 0. The van der Waals surface area contributed by atoms with Crippen LogP contribution in [-0.2, 0) is 9.59 Å². The van der Waals surface area contributed by atoms with E-state index < -0.39 is 6.17 Å². The third-order valence-electron chi connectivity index (χ3n) is 8.22. The van der Waals surface area contributed by atoms with Crippen molar-refractivity contribution in [2.75, 3.05) is 0 Å². The second kappa shape index (κ2) is 4.64. The molecule has 0 heterocycles. The van der Waals surface area contributed by atoms with Crippen molar-refractivity contribution in [3.63, 3.8) is 0 Å². The molecule has 0 aromatic rings. The summed E-state index contributed by atoms with van der Waals surface area (Å²) in [4.78, 5) is 24.2. The molecule has 0 saturated heterocycles. The van der Waals surface area contributed by atoms with E-state index in [1.165, 1.54) is 0 Å². The lowest BCUT2D eigenvalue weighted by atomic mass is 9.45. The van der Waals surface area contributed by atoms with Gasteiger partial charge in [-0.05, 0) is 61.7 Å². The molecule has 4 aliphatic rings. The maximum absolute atomic E-state index is 14.5. The van der Waals surface area contributed by atoms with Crippen LogP contribution in [0, 0.1) is 34.5 Å². The van der Waals surface area contributed by atoms with Gasteiger partial charge in [-0.15, -0.1) is 0 Å². The Morgan fingerprint density at radius 1 is 0.909 bits per heavy atom. The summed E-state index contributed by atoms with van der Waals surface area (Å²) in [6.07, 6.45) is 5.70. The van der Waals surface area contributed by atoms with Crippen LogP contribution in [0.2, 0.25) is 0 Å². The van der Waals surface area contributed by atoms with Crippen LogP contribution in [0.5, 0.6) is 0 Å². The molecule has 2 nitrogen and oxygen atoms in total. The number of Topliss-reactive ketones (excluding diaryl/α,β-unsaturated/α-hetero) is 2. The number of rotatable bonds is 0. The van der Waals surface area contributed by atoms with Gasteiger partial charge in [-0.25, -0.2) is 4.39 Å². The summed E-state index contributed by atoms with van der Waals surface area (Å²) in [7, 11) is 0. The molecule has 4 aliphatic carbocycles. The van der Waals surface area contributed by atoms with E-state index >= 15 is 0 Å². The molecule has 2 unspecified atom stereocenters. The average molecular weight is 306 g/mol. The summed E-state index contributed by atoms with van der Waals surface area (Å²) in [5.74, 6) is 1.82. The van der Waals surface area contributed by atoms with Gasteiger partial charge in [-0.1, -0.05) is 13.8 Å². The number of halogens is 1. The Morgan fingerprint density at radius 3 is 2.45 bits per heavy atom. The van der Waals surface area contributed by atoms with Crippen LogP contribution in [0.3, 0.4) is 0 Å². The fourth-order valence-corrected chi connectivity index (χ4v) is 6.86. The minimum Gasteiger partial charge on any atom is -0.299 e. The second-order valence-corrected chi connectivity index (χ2v) is 8.85. The molecule has 22 heavy (non-hydrogen) atoms. The second-order valence-electron chi connectivity index (χ2n) is 8.85. The van der Waals surface area contributed by atoms with Gasteiger partial charge in [0.2, 0.25) is 0 Å². The first kappa shape index (κ1) is 14.8. The molecule has 0 aromatic carbocycles. The van der Waals surface area contributed by atoms with E-state index in [0.717, 1.165) is 44.9 Å². The Balaban J connectivity index is 1.67. The molecule has 0 N–H and O–H groups in total. The molecule has 0 amide bonds. The van der Waals surface area contributed by atoms with E-state index in [1.54, 1.807) is 0 Å². The summed E-state index contributed by atoms with van der Waals surface area (Å²) in [6.45, 7) is 4.42. The van der Waals surface area contributed by atoms with Gasteiger partial charge in [0.1, 0.15) is 5.78 Å². The molecule has 122 valence electrons. The van der Waals surface area contributed by atoms with E-state index in [9.17, 15) is 14.0 Å². The predicted octanol–water partition coefficient (Wildman–Crippen LogP) is 4.12. The van der Waals surface area contributed by atoms with Crippen LogP contribution in [0.4, 0.5) is 4.39 Å². The van der Waals surface area contributed by atoms with Gasteiger partial charge in [0.05, 0.1) is 0 Å². The molecule has 3 heteroatoms. The van der Waals surface area contributed by atoms with Crippen LogP contribution >= 0.6 is 0 Å². The van der Waals surface area contributed by atoms with Crippen LogP contribution in [0.1, 0.15) is 65.2 Å². The summed E-state index contributed by atoms with van der Waals surface area (Å²) in [5.41, 5.74) is -0.132. The van der Waals surface area contributed by atoms with Crippen molar-refractivity contribution < 1.29 is 14.0 Å². The van der Waals surface area contributed by atoms with Crippen LogP contribution in [-0.4, -0.2) is 17.7 Å². The minimum atomic E-state index is -1.24. The van der Waals surface area contributed by atoms with E-state index in [2.05, 4.69) is 13.8 Å². The highest BCUT2D eigenvalue weighted by Gasteiger charge is 2.61. The maximum atomic E-state index is 14.5. The first-order chi connectivity index (χ1) is 10.4. The molecule has 0 aliphatic heterocycles. The van der Waals surface area contributed by atoms with E-state index in [0.29, 0.717) is 30.0 Å². The largest absolute Gasteiger partial charge is 0.299 e. The lowest BCUT2D eigenvalue weighted by Gasteiger charge is -2.59. The quantitative estimate of drug-likeness (QED) is 0.675. The lowest BCUT2D eigenvalue weighted by molar-refractivity contribution is -0.154. The van der Waals surface area contributed by atoms with E-state index in [1.807, 2.05) is 0 Å². The fourth-order valence-electron chi connectivity index (χ4n) is 6.86. The summed E-state index contributed by atoms with van der Waals surface area (Å²) < 4.78 is 14.5. The smallest absolute Gasteiger partial charge is 0.167 e. The van der Waals surface area contributed by atoms with Gasteiger partial charge >= 0.3 is 0 Å². The first-order valence-electron chi connectivity index (χ1n) is 9.08. The molecule has 0 bridgehead atoms. The van der Waals surface area contributed by atoms with Crippen molar-refractivity contribution in [3.05, 3.63) is 0 Å². The summed E-state index contributed by atoms with van der Waals surface area (Å²) in [6, 6.07) is 0. The highest BCUT2D eigenvalue weighted by atomic mass is 19.1. The van der Waals surface area contributed by atoms with Gasteiger partial charge in [0.15, 0.2) is 12.0 Å². The zero-order valence-electron chi connectivity index (χ0n) is 13.7. The van der Waals surface area contributed by atoms with Crippen LogP contribution in [0.25, 0.3) is 0 Å². The van der Waals surface area contributed by atoms with Crippen LogP contribution in [0.15, 0.2) is 0 Å². The van der Waals surface area contributed by atoms with Crippen molar-refractivity contribution in [2.45, 2.75) is 71.4 Å². The molecule has 0 radical (unpaired) electrons. The standard InChI is InChI=1S/C19H27FO2/c1-18-10-8-15(21)17(20)14(18)4-3-11-12-5-6-16(22)19(12,2)9-7-13(11)18/h11-14,17H,3-10H2,1-2H3/t11-,12-,13+,14?,17?,18+,19-/m0/s1. The normalized spacial score (nSPS) is 54.6. The van der Waals surface area contributed by atoms with Crippen molar-refractivity contribution >= 4 is 11.6 Å². The number of hydrogen-bond acceptors (Lipinski definition) is 2. The van der Waals surface area contributed by atoms with Gasteiger partial charge in [0, 0.05) is 24.2 Å². The zero-order valence-corrected chi connectivity index (χ0v) is 13.7. The number of carbonyl (C=O) groups excluding carboxylic acids is 2. The Bertz CT molecular complexity index is 530. The Morgan fingerprint density at radius 2 is 1.68 bits per heavy atom. The van der Waals surface area contributed by atoms with Gasteiger partial charge in [-0.3, -0.25) is 9.59 Å². The lowest BCUT2D eigenvalue weighted by Crippen LogP contribution is -2.56. The average Bonchev–Trinajstić information content (AvgIpc) is 2.79. The topological polar surface area (TPSA) is 34.1 Å². The third kappa shape index (κ3) is 1.71. The van der Waals surface area contributed by atoms with Crippen molar-refractivity contribution in [2.24, 2.45) is 34.5 Å². The van der Waals surface area contributed by atoms with Crippen molar-refractivity contribution in [1.29, 1.82) is 0 Å². The van der Waals surface area contributed by atoms with Gasteiger partial charge < -0.3 is 0 Å². The minimum absolute atomic E-state index is 0.0246. The van der Waals surface area contributed by atoms with Gasteiger partial charge in [0.25, 0.3) is 0 Å². The zero-order chi connectivity index (χ0) is 15.7. The number of carbonyl (C=O) groups is 2. The maximum Gasteiger partial charge on any atom is 0.167 e. The predicted molar refractivity (Wildman–Crippen MR) is 82.0 cm³/mol. The number of ketones is 2. The fraction of sp³-hybridized carbons (Fsp3) is 0.895. The molecular formula is C19H27FO2. The SMILES string of the molecule is C[C@]12CCC(=O)C(F)C1CC[C@@H]1[C@H]2CC[C@]2(C)C(=O)CC[C@@H]12. The molecule has 7 atom stereocenters. The van der Waals surface area contributed by atoms with E-state index in [-0.39, 0.29) is 22.5 Å². The molecule has 4 rings (SSSR count). The van der Waals surface area contributed by atoms with Crippen molar-refractivity contribution in [1.82, 2.24) is 0 Å². The monoisotopic (exact) mass is 306 g/mol. The Kier molecular flexibility index (Phi) is 3.13. The third-order valence-corrected chi connectivity index (χ3v) is 8.22. The number of alkyl halides is 1. The first-order valence-corrected chi connectivity index (χ1v) is 9.08. The molecule has 4 saturated carbocycles. The van der Waals surface area contributed by atoms with Crippen LogP contribution < -0.4 is 0 Å². The Hall–Kier alpha value is -0.730. The molecule has 4 fully saturated rings. The summed E-state index contributed by atoms with van der Waals surface area (Å²) >= 11 is 0. The molecular weight excluding hydrogens is 279 g/mol. The van der Waals surface area contributed by atoms with Crippen molar-refractivity contribution in [3.8, 4) is 0 Å². The van der Waals surface area contributed by atoms with Gasteiger partial charge in [-0.2, -0.15) is 0 Å². The summed E-state index contributed by atoms with van der Waals surface area (Å²) in [5, 5.41) is 0. The molecule has 0 spiro atoms. The highest BCUT2D eigenvalue weighted by molar-refractivity contribution is 5.87.